The Morgan fingerprint density at radius 3 is 3.10 bits per heavy atom. The van der Waals surface area contributed by atoms with Crippen molar-refractivity contribution < 1.29 is 4.74 Å². The first kappa shape index (κ1) is 14.4. The predicted molar refractivity (Wildman–Crippen MR) is 80.9 cm³/mol. The number of thioether (sulfide) groups is 1. The second-order valence-electron chi connectivity index (χ2n) is 5.87. The van der Waals surface area contributed by atoms with Gasteiger partial charge in [0.25, 0.3) is 0 Å². The molecule has 2 aliphatic rings. The van der Waals surface area contributed by atoms with Crippen LogP contribution in [-0.4, -0.2) is 45.3 Å². The van der Waals surface area contributed by atoms with Gasteiger partial charge in [-0.2, -0.15) is 11.8 Å². The van der Waals surface area contributed by atoms with Crippen LogP contribution in [-0.2, 0) is 11.2 Å². The van der Waals surface area contributed by atoms with Gasteiger partial charge in [-0.05, 0) is 56.6 Å². The zero-order valence-electron chi connectivity index (χ0n) is 12.0. The lowest BCUT2D eigenvalue weighted by Gasteiger charge is -2.43. The lowest BCUT2D eigenvalue weighted by molar-refractivity contribution is -0.100. The molecule has 3 rings (SSSR count). The summed E-state index contributed by atoms with van der Waals surface area (Å²) in [6.45, 7) is 1.57. The molecule has 20 heavy (non-hydrogen) atoms. The molecule has 0 aromatic carbocycles. The number of nitrogens with two attached hydrogens (primary N) is 1. The Kier molecular flexibility index (Phi) is 4.63. The molecule has 0 saturated carbocycles. The molecular formula is C14H24N4OS. The van der Waals surface area contributed by atoms with E-state index >= 15 is 0 Å². The molecule has 0 bridgehead atoms. The molecule has 0 radical (unpaired) electrons. The second-order valence-corrected chi connectivity index (χ2v) is 7.10. The molecule has 112 valence electrons. The Hall–Kier alpha value is -0.590. The predicted octanol–water partition coefficient (Wildman–Crippen LogP) is 1.79. The van der Waals surface area contributed by atoms with Crippen molar-refractivity contribution in [1.82, 2.24) is 15.0 Å². The van der Waals surface area contributed by atoms with E-state index in [2.05, 4.69) is 21.2 Å². The van der Waals surface area contributed by atoms with Crippen LogP contribution in [0.15, 0.2) is 6.20 Å². The van der Waals surface area contributed by atoms with Gasteiger partial charge in [0.2, 0.25) is 0 Å². The van der Waals surface area contributed by atoms with Crippen molar-refractivity contribution in [3.8, 4) is 0 Å². The first-order chi connectivity index (χ1) is 9.81. The van der Waals surface area contributed by atoms with E-state index in [0.29, 0.717) is 12.6 Å². The molecule has 1 aromatic rings. The Morgan fingerprint density at radius 1 is 1.45 bits per heavy atom. The maximum Gasteiger partial charge on any atom is 0.0827 e. The summed E-state index contributed by atoms with van der Waals surface area (Å²) in [7, 11) is 0. The number of aromatic nitrogens is 3. The molecule has 1 spiro atoms. The smallest absolute Gasteiger partial charge is 0.0827 e. The van der Waals surface area contributed by atoms with Gasteiger partial charge in [-0.1, -0.05) is 5.21 Å². The number of rotatable bonds is 4. The van der Waals surface area contributed by atoms with E-state index in [1.54, 1.807) is 0 Å². The summed E-state index contributed by atoms with van der Waals surface area (Å²) in [5.41, 5.74) is 6.72. The van der Waals surface area contributed by atoms with Gasteiger partial charge in [0, 0.05) is 12.8 Å². The number of ether oxygens (including phenoxy) is 1. The van der Waals surface area contributed by atoms with Crippen molar-refractivity contribution in [1.29, 1.82) is 0 Å². The Balaban J connectivity index is 1.65. The summed E-state index contributed by atoms with van der Waals surface area (Å²) >= 11 is 2.05. The summed E-state index contributed by atoms with van der Waals surface area (Å²) in [5, 5.41) is 8.61. The highest BCUT2D eigenvalue weighted by atomic mass is 32.2. The molecule has 0 aliphatic carbocycles. The molecule has 5 nitrogen and oxygen atoms in total. The van der Waals surface area contributed by atoms with E-state index in [4.69, 9.17) is 10.5 Å². The van der Waals surface area contributed by atoms with Crippen molar-refractivity contribution in [2.45, 2.75) is 50.2 Å². The molecular weight excluding hydrogens is 272 g/mol. The lowest BCUT2D eigenvalue weighted by atomic mass is 9.85. The van der Waals surface area contributed by atoms with Crippen LogP contribution in [0, 0.1) is 0 Å². The third-order valence-corrected chi connectivity index (χ3v) is 5.43. The fourth-order valence-electron chi connectivity index (χ4n) is 3.21. The van der Waals surface area contributed by atoms with E-state index < -0.39 is 0 Å². The lowest BCUT2D eigenvalue weighted by Crippen LogP contribution is -2.43. The van der Waals surface area contributed by atoms with Crippen molar-refractivity contribution in [3.05, 3.63) is 11.9 Å². The highest BCUT2D eigenvalue weighted by molar-refractivity contribution is 7.99. The van der Waals surface area contributed by atoms with Crippen molar-refractivity contribution in [2.75, 3.05) is 24.7 Å². The fraction of sp³-hybridized carbons (Fsp3) is 0.857. The molecule has 2 saturated heterocycles. The average Bonchev–Trinajstić information content (AvgIpc) is 2.95. The third kappa shape index (κ3) is 3.18. The zero-order chi connectivity index (χ0) is 13.8. The Morgan fingerprint density at radius 2 is 2.30 bits per heavy atom. The average molecular weight is 296 g/mol. The highest BCUT2D eigenvalue weighted by Crippen LogP contribution is 2.41. The van der Waals surface area contributed by atoms with Crippen molar-refractivity contribution in [3.63, 3.8) is 0 Å². The topological polar surface area (TPSA) is 66.0 Å². The van der Waals surface area contributed by atoms with E-state index in [0.717, 1.165) is 38.0 Å². The van der Waals surface area contributed by atoms with E-state index in [1.165, 1.54) is 24.3 Å². The SMILES string of the molecule is NCCCc1cn(C2CCOC3(CCSCC3)C2)nn1. The van der Waals surface area contributed by atoms with Gasteiger partial charge in [0.15, 0.2) is 0 Å². The molecule has 3 heterocycles. The van der Waals surface area contributed by atoms with Gasteiger partial charge in [0.1, 0.15) is 0 Å². The van der Waals surface area contributed by atoms with Crippen LogP contribution in [0.4, 0.5) is 0 Å². The highest BCUT2D eigenvalue weighted by Gasteiger charge is 2.39. The minimum absolute atomic E-state index is 0.109. The molecule has 2 aliphatic heterocycles. The molecule has 6 heteroatoms. The minimum atomic E-state index is 0.109. The summed E-state index contributed by atoms with van der Waals surface area (Å²) in [6, 6.07) is 0.450. The van der Waals surface area contributed by atoms with E-state index in [9.17, 15) is 0 Å². The van der Waals surface area contributed by atoms with Gasteiger partial charge in [-0.25, -0.2) is 4.68 Å². The second kappa shape index (κ2) is 6.45. The summed E-state index contributed by atoms with van der Waals surface area (Å²) < 4.78 is 8.21. The normalized spacial score (nSPS) is 25.9. The van der Waals surface area contributed by atoms with E-state index in [-0.39, 0.29) is 5.60 Å². The summed E-state index contributed by atoms with van der Waals surface area (Å²) in [4.78, 5) is 0. The largest absolute Gasteiger partial charge is 0.375 e. The maximum atomic E-state index is 6.14. The molecule has 1 aromatic heterocycles. The summed E-state index contributed by atoms with van der Waals surface area (Å²) in [6.07, 6.45) is 8.53. The van der Waals surface area contributed by atoms with Gasteiger partial charge >= 0.3 is 0 Å². The molecule has 1 unspecified atom stereocenters. The third-order valence-electron chi connectivity index (χ3n) is 4.44. The minimum Gasteiger partial charge on any atom is -0.375 e. The molecule has 0 amide bonds. The summed E-state index contributed by atoms with van der Waals surface area (Å²) in [5.74, 6) is 2.46. The molecule has 2 N–H and O–H groups in total. The maximum absolute atomic E-state index is 6.14. The standard InChI is InChI=1S/C14H24N4OS/c15-6-1-2-12-11-18(17-16-12)13-3-7-19-14(10-13)4-8-20-9-5-14/h11,13H,1-10,15H2. The van der Waals surface area contributed by atoms with Crippen molar-refractivity contribution >= 4 is 11.8 Å². The zero-order valence-corrected chi connectivity index (χ0v) is 12.8. The number of aryl methyl sites for hydroxylation is 1. The first-order valence-corrected chi connectivity index (χ1v) is 8.79. The number of hydrogen-bond donors (Lipinski definition) is 1. The molecule has 1 atom stereocenters. The van der Waals surface area contributed by atoms with Gasteiger partial charge in [0.05, 0.1) is 17.3 Å². The molecule has 2 fully saturated rings. The van der Waals surface area contributed by atoms with Crippen LogP contribution < -0.4 is 5.73 Å². The number of hydrogen-bond acceptors (Lipinski definition) is 5. The quantitative estimate of drug-likeness (QED) is 0.917. The van der Waals surface area contributed by atoms with Crippen LogP contribution in [0.3, 0.4) is 0 Å². The monoisotopic (exact) mass is 296 g/mol. The van der Waals surface area contributed by atoms with Crippen LogP contribution >= 0.6 is 11.8 Å². The fourth-order valence-corrected chi connectivity index (χ4v) is 4.45. The van der Waals surface area contributed by atoms with Gasteiger partial charge in [-0.3, -0.25) is 0 Å². The van der Waals surface area contributed by atoms with Crippen LogP contribution in [0.2, 0.25) is 0 Å². The Bertz CT molecular complexity index is 425. The van der Waals surface area contributed by atoms with E-state index in [1.807, 2.05) is 11.8 Å². The van der Waals surface area contributed by atoms with Crippen LogP contribution in [0.1, 0.15) is 43.8 Å². The Labute approximate surface area is 124 Å². The van der Waals surface area contributed by atoms with Crippen molar-refractivity contribution in [2.24, 2.45) is 5.73 Å². The van der Waals surface area contributed by atoms with Crippen LogP contribution in [0.25, 0.3) is 0 Å². The van der Waals surface area contributed by atoms with Crippen LogP contribution in [0.5, 0.6) is 0 Å². The van der Waals surface area contributed by atoms with Gasteiger partial charge < -0.3 is 10.5 Å². The number of nitrogens with zero attached hydrogens (tertiary/aromatic N) is 3. The van der Waals surface area contributed by atoms with Gasteiger partial charge in [-0.15, -0.1) is 5.10 Å². The first-order valence-electron chi connectivity index (χ1n) is 7.64.